The number of pyridine rings is 1. The minimum absolute atomic E-state index is 0.0389. The first-order valence-electron chi connectivity index (χ1n) is 6.68. The fourth-order valence-corrected chi connectivity index (χ4v) is 2.45. The Balaban J connectivity index is 2.01. The van der Waals surface area contributed by atoms with Crippen LogP contribution in [0.4, 0.5) is 11.4 Å². The van der Waals surface area contributed by atoms with E-state index in [-0.39, 0.29) is 5.91 Å². The zero-order valence-corrected chi connectivity index (χ0v) is 14.0. The highest BCUT2D eigenvalue weighted by molar-refractivity contribution is 9.10. The number of rotatable bonds is 4. The zero-order chi connectivity index (χ0) is 15.4. The van der Waals surface area contributed by atoms with E-state index in [4.69, 9.17) is 0 Å². The molecule has 0 unspecified atom stereocenters. The summed E-state index contributed by atoms with van der Waals surface area (Å²) in [4.78, 5) is 14.1. The van der Waals surface area contributed by atoms with Crippen molar-refractivity contribution < 1.29 is 9.36 Å². The number of aryl methyl sites for hydroxylation is 1. The maximum Gasteiger partial charge on any atom is 0.290 e. The summed E-state index contributed by atoms with van der Waals surface area (Å²) in [6, 6.07) is 9.77. The van der Waals surface area contributed by atoms with Crippen molar-refractivity contribution in [1.82, 2.24) is 0 Å². The average Bonchev–Trinajstić information content (AvgIpc) is 2.42. The van der Waals surface area contributed by atoms with E-state index in [0.717, 1.165) is 21.4 Å². The Hall–Kier alpha value is -1.88. The summed E-state index contributed by atoms with van der Waals surface area (Å²) < 4.78 is 2.86. The number of aromatic nitrogens is 1. The summed E-state index contributed by atoms with van der Waals surface area (Å²) in [6.07, 6.45) is 3.81. The van der Waals surface area contributed by atoms with E-state index in [0.29, 0.717) is 6.54 Å². The quantitative estimate of drug-likeness (QED) is 0.862. The number of carbonyl (C=O) groups excluding carboxylic acids is 1. The van der Waals surface area contributed by atoms with E-state index >= 15 is 0 Å². The van der Waals surface area contributed by atoms with Gasteiger partial charge in [-0.15, -0.1) is 0 Å². The van der Waals surface area contributed by atoms with Crippen molar-refractivity contribution in [3.05, 3.63) is 52.8 Å². The number of carbonyl (C=O) groups is 1. The lowest BCUT2D eigenvalue weighted by atomic mass is 10.2. The maximum absolute atomic E-state index is 12.1. The third-order valence-corrected chi connectivity index (χ3v) is 3.67. The van der Waals surface area contributed by atoms with Gasteiger partial charge in [-0.25, -0.2) is 0 Å². The van der Waals surface area contributed by atoms with Crippen molar-refractivity contribution in [2.24, 2.45) is 0 Å². The highest BCUT2D eigenvalue weighted by Crippen LogP contribution is 2.19. The van der Waals surface area contributed by atoms with Crippen molar-refractivity contribution in [1.29, 1.82) is 0 Å². The summed E-state index contributed by atoms with van der Waals surface area (Å²) in [5.41, 5.74) is 2.98. The number of anilines is 2. The predicted octanol–water partition coefficient (Wildman–Crippen LogP) is 2.75. The van der Waals surface area contributed by atoms with Gasteiger partial charge in [-0.2, -0.15) is 4.57 Å². The molecule has 4 nitrogen and oxygen atoms in total. The molecule has 1 heterocycles. The summed E-state index contributed by atoms with van der Waals surface area (Å²) in [6.45, 7) is 2.27. The summed E-state index contributed by atoms with van der Waals surface area (Å²) in [5.74, 6) is -0.0389. The third kappa shape index (κ3) is 4.29. The molecule has 0 bridgehead atoms. The second-order valence-corrected chi connectivity index (χ2v) is 6.05. The van der Waals surface area contributed by atoms with Gasteiger partial charge in [0, 0.05) is 42.1 Å². The Morgan fingerprint density at radius 1 is 1.24 bits per heavy atom. The van der Waals surface area contributed by atoms with Gasteiger partial charge in [-0.1, -0.05) is 15.9 Å². The van der Waals surface area contributed by atoms with E-state index in [1.807, 2.05) is 73.2 Å². The van der Waals surface area contributed by atoms with Crippen LogP contribution in [0.5, 0.6) is 0 Å². The van der Waals surface area contributed by atoms with Gasteiger partial charge in [0.2, 0.25) is 6.54 Å². The largest absolute Gasteiger partial charge is 0.377 e. The van der Waals surface area contributed by atoms with Gasteiger partial charge >= 0.3 is 0 Å². The standard InChI is InChI=1S/C16H18BrN3O/c1-12-10-13(17)4-5-15(12)18-16(21)11-20-8-6-14(7-9-20)19(2)3/h4-10H,11H2,1-3H3/p+1. The minimum Gasteiger partial charge on any atom is -0.377 e. The van der Waals surface area contributed by atoms with E-state index < -0.39 is 0 Å². The summed E-state index contributed by atoms with van der Waals surface area (Å²) in [7, 11) is 3.98. The van der Waals surface area contributed by atoms with Crippen LogP contribution in [0.2, 0.25) is 0 Å². The highest BCUT2D eigenvalue weighted by atomic mass is 79.9. The first kappa shape index (κ1) is 15.5. The van der Waals surface area contributed by atoms with Crippen molar-refractivity contribution in [2.45, 2.75) is 13.5 Å². The van der Waals surface area contributed by atoms with Crippen LogP contribution in [0.15, 0.2) is 47.2 Å². The van der Waals surface area contributed by atoms with Gasteiger partial charge in [0.1, 0.15) is 0 Å². The number of halogens is 1. The lowest BCUT2D eigenvalue weighted by Gasteiger charge is -2.10. The first-order valence-corrected chi connectivity index (χ1v) is 7.47. The molecule has 0 atom stereocenters. The average molecular weight is 349 g/mol. The van der Waals surface area contributed by atoms with Crippen LogP contribution >= 0.6 is 15.9 Å². The van der Waals surface area contributed by atoms with Gasteiger partial charge in [-0.05, 0) is 30.7 Å². The minimum atomic E-state index is -0.0389. The predicted molar refractivity (Wildman–Crippen MR) is 88.5 cm³/mol. The van der Waals surface area contributed by atoms with Crippen molar-refractivity contribution in [3.63, 3.8) is 0 Å². The summed E-state index contributed by atoms with van der Waals surface area (Å²) in [5, 5.41) is 2.93. The number of nitrogens with zero attached hydrogens (tertiary/aromatic N) is 2. The van der Waals surface area contributed by atoms with Gasteiger partial charge in [0.25, 0.3) is 5.91 Å². The van der Waals surface area contributed by atoms with Gasteiger partial charge in [0.15, 0.2) is 12.4 Å². The van der Waals surface area contributed by atoms with Crippen LogP contribution in [0.25, 0.3) is 0 Å². The van der Waals surface area contributed by atoms with Gasteiger partial charge in [0.05, 0.1) is 0 Å². The molecule has 0 saturated carbocycles. The lowest BCUT2D eigenvalue weighted by Crippen LogP contribution is -2.39. The molecule has 0 radical (unpaired) electrons. The molecule has 0 fully saturated rings. The first-order chi connectivity index (χ1) is 9.95. The zero-order valence-electron chi connectivity index (χ0n) is 12.4. The highest BCUT2D eigenvalue weighted by Gasteiger charge is 2.11. The SMILES string of the molecule is Cc1cc(Br)ccc1NC(=O)C[n+]1ccc(N(C)C)cc1. The molecule has 0 aliphatic rings. The number of benzene rings is 1. The van der Waals surface area contributed by atoms with E-state index in [1.165, 1.54) is 0 Å². The Morgan fingerprint density at radius 3 is 2.48 bits per heavy atom. The molecule has 0 saturated heterocycles. The molecule has 0 spiro atoms. The van der Waals surface area contributed by atoms with E-state index in [9.17, 15) is 4.79 Å². The molecule has 1 aromatic heterocycles. The van der Waals surface area contributed by atoms with Crippen molar-refractivity contribution in [3.8, 4) is 0 Å². The Kier molecular flexibility index (Phi) is 4.96. The van der Waals surface area contributed by atoms with Crippen LogP contribution in [0, 0.1) is 6.92 Å². The molecule has 1 amide bonds. The molecule has 0 aliphatic heterocycles. The van der Waals surface area contributed by atoms with Crippen LogP contribution in [-0.2, 0) is 11.3 Å². The summed E-state index contributed by atoms with van der Waals surface area (Å²) >= 11 is 3.41. The van der Waals surface area contributed by atoms with Crippen molar-refractivity contribution in [2.75, 3.05) is 24.3 Å². The Labute approximate surface area is 133 Å². The van der Waals surface area contributed by atoms with Crippen molar-refractivity contribution >= 4 is 33.2 Å². The Morgan fingerprint density at radius 2 is 1.90 bits per heavy atom. The fraction of sp³-hybridized carbons (Fsp3) is 0.250. The normalized spacial score (nSPS) is 10.3. The van der Waals surface area contributed by atoms with E-state index in [1.54, 1.807) is 0 Å². The van der Waals surface area contributed by atoms with E-state index in [2.05, 4.69) is 21.2 Å². The molecule has 5 heteroatoms. The van der Waals surface area contributed by atoms with Crippen LogP contribution < -0.4 is 14.8 Å². The van der Waals surface area contributed by atoms with Crippen LogP contribution in [0.3, 0.4) is 0 Å². The molecule has 2 rings (SSSR count). The van der Waals surface area contributed by atoms with Gasteiger partial charge < -0.3 is 10.2 Å². The number of nitrogens with one attached hydrogen (secondary N) is 1. The monoisotopic (exact) mass is 348 g/mol. The van der Waals surface area contributed by atoms with Gasteiger partial charge in [-0.3, -0.25) is 4.79 Å². The molecular formula is C16H19BrN3O+. The lowest BCUT2D eigenvalue weighted by molar-refractivity contribution is -0.684. The third-order valence-electron chi connectivity index (χ3n) is 3.18. The maximum atomic E-state index is 12.1. The number of hydrogen-bond acceptors (Lipinski definition) is 2. The molecule has 110 valence electrons. The number of amides is 1. The second kappa shape index (κ2) is 6.72. The molecule has 2 aromatic rings. The Bertz CT molecular complexity index is 638. The van der Waals surface area contributed by atoms with Crippen LogP contribution in [0.1, 0.15) is 5.56 Å². The molecule has 21 heavy (non-hydrogen) atoms. The smallest absolute Gasteiger partial charge is 0.290 e. The molecule has 1 aromatic carbocycles. The number of hydrogen-bond donors (Lipinski definition) is 1. The van der Waals surface area contributed by atoms with Crippen LogP contribution in [-0.4, -0.2) is 20.0 Å². The topological polar surface area (TPSA) is 36.2 Å². The second-order valence-electron chi connectivity index (χ2n) is 5.13. The fourth-order valence-electron chi connectivity index (χ4n) is 1.98. The molecule has 0 aliphatic carbocycles. The molecule has 1 N–H and O–H groups in total. The molecular weight excluding hydrogens is 330 g/mol.